The summed E-state index contributed by atoms with van der Waals surface area (Å²) >= 11 is 0. The summed E-state index contributed by atoms with van der Waals surface area (Å²) in [5.74, 6) is -20.3. The van der Waals surface area contributed by atoms with Crippen LogP contribution in [0.1, 0.15) is 302 Å². The number of fused-ring (bicyclic) bond motifs is 2. The van der Waals surface area contributed by atoms with Crippen LogP contribution in [0.5, 0.6) is 0 Å². The number of nitrogens with one attached hydrogen (secondary N) is 19. The zero-order chi connectivity index (χ0) is 109. The van der Waals surface area contributed by atoms with Crippen LogP contribution in [0.2, 0.25) is 0 Å². The van der Waals surface area contributed by atoms with Gasteiger partial charge in [-0.2, -0.15) is 0 Å². The number of para-hydroxylation sites is 2. The van der Waals surface area contributed by atoms with Crippen LogP contribution < -0.4 is 96.5 Å². The first kappa shape index (κ1) is 125. The van der Waals surface area contributed by atoms with Crippen molar-refractivity contribution < 1.29 is 106 Å². The van der Waals surface area contributed by atoms with E-state index >= 15 is 0 Å². The molecule has 0 aliphatic rings. The fourth-order valence-corrected chi connectivity index (χ4v) is 17.0. The van der Waals surface area contributed by atoms with Crippen molar-refractivity contribution in [3.8, 4) is 0 Å². The van der Waals surface area contributed by atoms with Gasteiger partial charge in [-0.25, -0.2) is 0 Å². The van der Waals surface area contributed by atoms with E-state index in [0.717, 1.165) is 57.8 Å². The van der Waals surface area contributed by atoms with Gasteiger partial charge < -0.3 is 122 Å². The lowest BCUT2D eigenvalue weighted by molar-refractivity contribution is -0.142. The molecule has 1 unspecified atom stereocenters. The Balaban J connectivity index is 1.32. The van der Waals surface area contributed by atoms with Gasteiger partial charge in [0, 0.05) is 85.8 Å². The molecule has 0 saturated carbocycles. The summed E-state index contributed by atoms with van der Waals surface area (Å²) in [6.45, 7) is 8.26. The number of carbonyl (C=O) groups is 19. The number of hydrogen-bond donors (Lipinski definition) is 24. The normalized spacial score (nSPS) is 13.4. The number of carboxylic acids is 3. The Labute approximate surface area is 872 Å². The third-order valence-corrected chi connectivity index (χ3v) is 25.4. The Hall–Kier alpha value is -14.1. The Bertz CT molecular complexity index is 5110. The molecule has 5 rings (SSSR count). The molecule has 43 heteroatoms. The molecule has 0 saturated heterocycles. The van der Waals surface area contributed by atoms with Gasteiger partial charge in [-0.05, 0) is 106 Å². The van der Waals surface area contributed by atoms with E-state index in [-0.39, 0.29) is 63.3 Å². The highest BCUT2D eigenvalue weighted by Gasteiger charge is 2.38. The fraction of sp³-hybridized carbons (Fsp3) is 0.604. The molecule has 2 heterocycles. The highest BCUT2D eigenvalue weighted by Crippen LogP contribution is 2.24. The maximum Gasteiger partial charge on any atom is 0.325 e. The van der Waals surface area contributed by atoms with Gasteiger partial charge in [0.2, 0.25) is 94.5 Å². The summed E-state index contributed by atoms with van der Waals surface area (Å²) < 4.78 is 0. The van der Waals surface area contributed by atoms with Crippen LogP contribution in [-0.2, 0) is 110 Å². The molecular formula is C106H163N21O22. The van der Waals surface area contributed by atoms with Gasteiger partial charge in [-0.1, -0.05) is 249 Å². The Morgan fingerprint density at radius 1 is 0.309 bits per heavy atom. The van der Waals surface area contributed by atoms with E-state index in [9.17, 15) is 106 Å². The van der Waals surface area contributed by atoms with E-state index in [4.69, 9.17) is 16.9 Å². The Morgan fingerprint density at radius 2 is 0.658 bits per heavy atom. The topological polar surface area (TPSA) is 685 Å². The van der Waals surface area contributed by atoms with Gasteiger partial charge in [0.15, 0.2) is 5.96 Å². The number of carboxylic acid groups (broad SMARTS) is 3. The second kappa shape index (κ2) is 71.5. The van der Waals surface area contributed by atoms with Crippen molar-refractivity contribution in [3.05, 3.63) is 108 Å². The van der Waals surface area contributed by atoms with E-state index in [1.807, 2.05) is 0 Å². The number of H-pyrrole nitrogens is 2. The van der Waals surface area contributed by atoms with Gasteiger partial charge in [0.05, 0.1) is 32.5 Å². The third kappa shape index (κ3) is 52.4. The number of primary amides is 1. The predicted octanol–water partition coefficient (Wildman–Crippen LogP) is 6.26. The molecule has 11 atom stereocenters. The standard InChI is InChI=1S/C106H163N21O22/c1-7-9-11-13-15-17-19-21-23-25-27-29-34-51-88(129)110-55-41-40-49-78(119-89(130)52-35-30-28-26-24-22-20-18-16-14-12-10-8-2)96(139)115-66-92(133)121-85(61-93(134)135)103(146)126-84(60-73-64-113-77-48-39-37-46-75(73)77)102(145)127-86(62-94(136)137)104(147)123-80(53-54-87(107)128)99(142)124-82(58-71-43-32-31-33-44-71)98(141)116-67-91(132)120-81(57-68(3)4)100(143)125-83(59-72-63-112-76-47-38-36-45-74(72)76)101(144)122-79(50-42-56-111-106(108)109)97(140)114-65-90(131)117-69(5)95(138)118-70(6)105(148)149/h31-33,36-39,43-48,63-64,68-70,78-86,112-113H,7-30,34-35,40-42,49-62,65-67H2,1-6H3,(H2,107,128)(H,110,129)(H,114,140)(H,115,139)(H,116,141)(H,117,131)(H,118,138)(H,119,130)(H,120,132)(H,121,133)(H,122,144)(H,123,147)(H,124,142)(H,125,143)(H,126,146)(H,127,145)(H,134,135)(H,136,137)(H,148,149)(H4,108,109,111)/t69-,70-,78-,79-,80-,81-,82-,83?,84-,85-,86-/m0/s1. The van der Waals surface area contributed by atoms with Crippen LogP contribution in [0.15, 0.2) is 91.3 Å². The van der Waals surface area contributed by atoms with E-state index in [2.05, 4.69) is 109 Å². The SMILES string of the molecule is CCCCCCCCCCCCCCCC(=O)NCCCC[C@H](NC(=O)CCCCCCCCCCCCCCC)C(=O)NCC(=O)N[C@@H](CC(=O)O)C(=O)N[C@@H](Cc1c[nH]c2ccccc12)C(=O)N[C@@H](CC(=O)O)C(=O)N[C@@H](CCC(N)=O)C(=O)N[C@@H](Cc1ccccc1)C(=O)NCC(=O)N[C@@H](CC(C)C)C(=O)NC(Cc1c[nH]c2ccccc12)C(=O)N[C@@H](CCCNC(=N)N)C(=O)NCC(=O)N[C@@H](C)C(=O)N[C@@H](C)C(=O)O. The second-order valence-electron chi connectivity index (χ2n) is 38.7. The number of aliphatic carboxylic acids is 3. The third-order valence-electron chi connectivity index (χ3n) is 25.4. The quantitative estimate of drug-likeness (QED) is 0.0116. The van der Waals surface area contributed by atoms with Crippen molar-refractivity contribution in [2.45, 2.75) is 371 Å². The minimum atomic E-state index is -2.15. The molecule has 824 valence electrons. The minimum Gasteiger partial charge on any atom is -0.481 e. The number of guanidine groups is 1. The zero-order valence-corrected chi connectivity index (χ0v) is 87.4. The average Bonchev–Trinajstić information content (AvgIpc) is 1.70. The summed E-state index contributed by atoms with van der Waals surface area (Å²) in [6.07, 6.45) is 29.3. The molecule has 26 N–H and O–H groups in total. The first-order valence-electron chi connectivity index (χ1n) is 52.9. The van der Waals surface area contributed by atoms with Crippen molar-refractivity contribution in [1.29, 1.82) is 5.41 Å². The Morgan fingerprint density at radius 3 is 1.10 bits per heavy atom. The Kier molecular flexibility index (Phi) is 60.2. The predicted molar refractivity (Wildman–Crippen MR) is 562 cm³/mol. The van der Waals surface area contributed by atoms with Crippen molar-refractivity contribution in [3.63, 3.8) is 0 Å². The molecule has 0 fully saturated rings. The molecule has 0 aliphatic heterocycles. The molecular weight excluding hydrogens is 1920 g/mol. The van der Waals surface area contributed by atoms with Crippen molar-refractivity contribution in [1.82, 2.24) is 95.0 Å². The van der Waals surface area contributed by atoms with Crippen LogP contribution in [0.4, 0.5) is 0 Å². The highest BCUT2D eigenvalue weighted by molar-refractivity contribution is 6.02. The summed E-state index contributed by atoms with van der Waals surface area (Å²) in [6, 6.07) is 4.17. The number of rotatable bonds is 80. The van der Waals surface area contributed by atoms with Crippen molar-refractivity contribution >= 4 is 140 Å². The maximum atomic E-state index is 15.0. The summed E-state index contributed by atoms with van der Waals surface area (Å²) in [4.78, 5) is 267. The van der Waals surface area contributed by atoms with Crippen LogP contribution >= 0.6 is 0 Å². The van der Waals surface area contributed by atoms with E-state index in [1.165, 1.54) is 123 Å². The number of hydrogen-bond acceptors (Lipinski definition) is 20. The van der Waals surface area contributed by atoms with Crippen molar-refractivity contribution in [2.75, 3.05) is 32.7 Å². The van der Waals surface area contributed by atoms with Crippen molar-refractivity contribution in [2.24, 2.45) is 17.4 Å². The largest absolute Gasteiger partial charge is 0.481 e. The zero-order valence-electron chi connectivity index (χ0n) is 87.4. The van der Waals surface area contributed by atoms with E-state index in [1.54, 1.807) is 98.9 Å². The second-order valence-corrected chi connectivity index (χ2v) is 38.7. The van der Waals surface area contributed by atoms with Gasteiger partial charge in [0.25, 0.3) is 0 Å². The molecule has 43 nitrogen and oxygen atoms in total. The molecule has 0 spiro atoms. The number of nitrogens with two attached hydrogens (primary N) is 2. The van der Waals surface area contributed by atoms with E-state index < -0.39 is 231 Å². The van der Waals surface area contributed by atoms with Gasteiger partial charge in [-0.15, -0.1) is 0 Å². The number of aromatic amines is 2. The lowest BCUT2D eigenvalue weighted by Gasteiger charge is -2.27. The molecule has 16 amide bonds. The van der Waals surface area contributed by atoms with Gasteiger partial charge in [-0.3, -0.25) is 96.5 Å². The molecule has 149 heavy (non-hydrogen) atoms. The molecule has 0 bridgehead atoms. The average molecular weight is 2080 g/mol. The van der Waals surface area contributed by atoms with Gasteiger partial charge in [0.1, 0.15) is 66.5 Å². The molecule has 2 aromatic heterocycles. The summed E-state index contributed by atoms with van der Waals surface area (Å²) in [5, 5.41) is 78.8. The highest BCUT2D eigenvalue weighted by atomic mass is 16.4. The first-order chi connectivity index (χ1) is 71.3. The molecule has 0 aliphatic carbocycles. The fourth-order valence-electron chi connectivity index (χ4n) is 17.0. The summed E-state index contributed by atoms with van der Waals surface area (Å²) in [7, 11) is 0. The van der Waals surface area contributed by atoms with E-state index in [0.29, 0.717) is 70.7 Å². The molecule has 3 aromatic carbocycles. The number of benzene rings is 3. The van der Waals surface area contributed by atoms with Gasteiger partial charge >= 0.3 is 17.9 Å². The number of aromatic nitrogens is 2. The molecule has 5 aromatic rings. The molecule has 0 radical (unpaired) electrons. The lowest BCUT2D eigenvalue weighted by atomic mass is 10.00. The smallest absolute Gasteiger partial charge is 0.325 e. The maximum absolute atomic E-state index is 15.0. The first-order valence-corrected chi connectivity index (χ1v) is 52.9. The van der Waals surface area contributed by atoms with Crippen LogP contribution in [0, 0.1) is 11.3 Å². The lowest BCUT2D eigenvalue weighted by Crippen LogP contribution is -2.60. The monoisotopic (exact) mass is 2080 g/mol. The summed E-state index contributed by atoms with van der Waals surface area (Å²) in [5.41, 5.74) is 13.6. The van der Waals surface area contributed by atoms with Crippen LogP contribution in [-0.4, -0.2) is 243 Å². The number of unbranched alkanes of at least 4 members (excludes halogenated alkanes) is 25. The number of carbonyl (C=O) groups excluding carboxylic acids is 16. The number of amides is 16. The van der Waals surface area contributed by atoms with Crippen LogP contribution in [0.3, 0.4) is 0 Å². The van der Waals surface area contributed by atoms with Crippen LogP contribution in [0.25, 0.3) is 21.8 Å². The minimum absolute atomic E-state index is 0.0427.